The Balaban J connectivity index is 1.83. The van der Waals surface area contributed by atoms with Crippen LogP contribution in [0.15, 0.2) is 12.4 Å². The zero-order valence-electron chi connectivity index (χ0n) is 11.6. The summed E-state index contributed by atoms with van der Waals surface area (Å²) in [5.74, 6) is 2.01. The second kappa shape index (κ2) is 7.67. The van der Waals surface area contributed by atoms with Gasteiger partial charge in [-0.05, 0) is 0 Å². The average molecular weight is 282 g/mol. The Morgan fingerprint density at radius 2 is 2.26 bits per heavy atom. The van der Waals surface area contributed by atoms with Crippen LogP contribution in [0, 0.1) is 0 Å². The molecule has 0 amide bonds. The van der Waals surface area contributed by atoms with Gasteiger partial charge in [0.1, 0.15) is 0 Å². The number of anilines is 1. The second-order valence-electron chi connectivity index (χ2n) is 4.69. The maximum Gasteiger partial charge on any atom is 0.225 e. The van der Waals surface area contributed by atoms with Gasteiger partial charge in [0.25, 0.3) is 0 Å². The van der Waals surface area contributed by atoms with Crippen LogP contribution in [0.4, 0.5) is 5.95 Å². The highest BCUT2D eigenvalue weighted by molar-refractivity contribution is 8.00. The maximum atomic E-state index is 4.99. The summed E-state index contributed by atoms with van der Waals surface area (Å²) in [5.41, 5.74) is 1.11. The monoisotopic (exact) mass is 282 g/mol. The lowest BCUT2D eigenvalue weighted by Gasteiger charge is -2.30. The number of hydrogen-bond acceptors (Lipinski definition) is 6. The molecule has 0 aromatic carbocycles. The van der Waals surface area contributed by atoms with E-state index in [1.807, 2.05) is 24.2 Å². The first kappa shape index (κ1) is 14.6. The molecule has 1 aliphatic heterocycles. The molecule has 0 saturated carbocycles. The Bertz CT molecular complexity index is 373. The molecule has 2 rings (SSSR count). The van der Waals surface area contributed by atoms with Crippen molar-refractivity contribution in [2.24, 2.45) is 0 Å². The fourth-order valence-corrected chi connectivity index (χ4v) is 3.02. The van der Waals surface area contributed by atoms with Crippen molar-refractivity contribution in [1.29, 1.82) is 0 Å². The molecule has 6 heteroatoms. The fraction of sp³-hybridized carbons (Fsp3) is 0.692. The Morgan fingerprint density at radius 3 is 2.95 bits per heavy atom. The van der Waals surface area contributed by atoms with Crippen molar-refractivity contribution in [2.75, 3.05) is 44.0 Å². The van der Waals surface area contributed by atoms with Crippen LogP contribution in [-0.2, 0) is 11.3 Å². The number of ether oxygens (including phenoxy) is 1. The lowest BCUT2D eigenvalue weighted by molar-refractivity contribution is 0.199. The Kier molecular flexibility index (Phi) is 5.88. The van der Waals surface area contributed by atoms with Crippen molar-refractivity contribution in [3.63, 3.8) is 0 Å². The van der Waals surface area contributed by atoms with Crippen LogP contribution < -0.4 is 10.2 Å². The third-order valence-electron chi connectivity index (χ3n) is 3.03. The first-order chi connectivity index (χ1) is 9.29. The van der Waals surface area contributed by atoms with E-state index in [0.717, 1.165) is 50.1 Å². The summed E-state index contributed by atoms with van der Waals surface area (Å²) in [6, 6.07) is 0. The first-order valence-electron chi connectivity index (χ1n) is 6.66. The van der Waals surface area contributed by atoms with E-state index < -0.39 is 0 Å². The number of thioether (sulfide) groups is 1. The van der Waals surface area contributed by atoms with Crippen LogP contribution in [0.1, 0.15) is 12.5 Å². The molecule has 1 aliphatic rings. The lowest BCUT2D eigenvalue weighted by Crippen LogP contribution is -2.37. The van der Waals surface area contributed by atoms with E-state index in [9.17, 15) is 0 Å². The number of methoxy groups -OCH3 is 1. The van der Waals surface area contributed by atoms with Gasteiger partial charge in [-0.2, -0.15) is 11.8 Å². The van der Waals surface area contributed by atoms with E-state index in [2.05, 4.69) is 27.1 Å². The molecule has 19 heavy (non-hydrogen) atoms. The summed E-state index contributed by atoms with van der Waals surface area (Å²) in [7, 11) is 1.71. The molecule has 0 spiro atoms. The Labute approximate surface area is 119 Å². The average Bonchev–Trinajstić information content (AvgIpc) is 2.44. The van der Waals surface area contributed by atoms with Crippen LogP contribution >= 0.6 is 11.8 Å². The lowest BCUT2D eigenvalue weighted by atomic mass is 10.3. The SMILES string of the molecule is COCCNCc1cnc(N2CCSC(C)C2)nc1. The minimum Gasteiger partial charge on any atom is -0.383 e. The quantitative estimate of drug-likeness (QED) is 0.790. The summed E-state index contributed by atoms with van der Waals surface area (Å²) in [4.78, 5) is 11.2. The molecule has 5 nitrogen and oxygen atoms in total. The van der Waals surface area contributed by atoms with Gasteiger partial charge < -0.3 is 15.0 Å². The fourth-order valence-electron chi connectivity index (χ4n) is 2.01. The number of hydrogen-bond donors (Lipinski definition) is 1. The Morgan fingerprint density at radius 1 is 1.47 bits per heavy atom. The van der Waals surface area contributed by atoms with Crippen LogP contribution in [-0.4, -0.2) is 54.3 Å². The predicted octanol–water partition coefficient (Wildman–Crippen LogP) is 1.15. The minimum atomic E-state index is 0.660. The minimum absolute atomic E-state index is 0.660. The topological polar surface area (TPSA) is 50.3 Å². The van der Waals surface area contributed by atoms with Crippen molar-refractivity contribution >= 4 is 17.7 Å². The van der Waals surface area contributed by atoms with E-state index in [4.69, 9.17) is 4.74 Å². The summed E-state index contributed by atoms with van der Waals surface area (Å²) in [6.07, 6.45) is 3.82. The molecule has 1 aromatic heterocycles. The van der Waals surface area contributed by atoms with Gasteiger partial charge in [-0.3, -0.25) is 0 Å². The molecule has 0 radical (unpaired) electrons. The number of rotatable bonds is 6. The van der Waals surface area contributed by atoms with Gasteiger partial charge in [0.05, 0.1) is 6.61 Å². The molecular weight excluding hydrogens is 260 g/mol. The molecule has 0 aliphatic carbocycles. The number of nitrogens with one attached hydrogen (secondary N) is 1. The van der Waals surface area contributed by atoms with Gasteiger partial charge in [-0.15, -0.1) is 0 Å². The molecule has 1 saturated heterocycles. The smallest absolute Gasteiger partial charge is 0.225 e. The third-order valence-corrected chi connectivity index (χ3v) is 4.16. The molecule has 0 bridgehead atoms. The predicted molar refractivity (Wildman–Crippen MR) is 79.7 cm³/mol. The van der Waals surface area contributed by atoms with Crippen molar-refractivity contribution in [2.45, 2.75) is 18.7 Å². The van der Waals surface area contributed by atoms with E-state index in [1.165, 1.54) is 0 Å². The van der Waals surface area contributed by atoms with E-state index in [-0.39, 0.29) is 0 Å². The van der Waals surface area contributed by atoms with Crippen molar-refractivity contribution in [1.82, 2.24) is 15.3 Å². The van der Waals surface area contributed by atoms with Gasteiger partial charge in [0.15, 0.2) is 0 Å². The Hall–Kier alpha value is -0.850. The van der Waals surface area contributed by atoms with Gasteiger partial charge >= 0.3 is 0 Å². The highest BCUT2D eigenvalue weighted by Crippen LogP contribution is 2.20. The van der Waals surface area contributed by atoms with E-state index >= 15 is 0 Å². The van der Waals surface area contributed by atoms with E-state index in [1.54, 1.807) is 7.11 Å². The molecule has 106 valence electrons. The molecular formula is C13H22N4OS. The molecule has 1 atom stereocenters. The molecule has 1 fully saturated rings. The van der Waals surface area contributed by atoms with E-state index in [0.29, 0.717) is 5.25 Å². The largest absolute Gasteiger partial charge is 0.383 e. The molecule has 1 N–H and O–H groups in total. The molecule has 1 aromatic rings. The first-order valence-corrected chi connectivity index (χ1v) is 7.71. The summed E-state index contributed by atoms with van der Waals surface area (Å²) >= 11 is 2.02. The van der Waals surface area contributed by atoms with Crippen LogP contribution in [0.25, 0.3) is 0 Å². The van der Waals surface area contributed by atoms with Gasteiger partial charge in [0.2, 0.25) is 5.95 Å². The van der Waals surface area contributed by atoms with Crippen molar-refractivity contribution in [3.05, 3.63) is 18.0 Å². The van der Waals surface area contributed by atoms with Gasteiger partial charge in [0, 0.05) is 62.2 Å². The zero-order valence-corrected chi connectivity index (χ0v) is 12.4. The molecule has 1 unspecified atom stereocenters. The van der Waals surface area contributed by atoms with Crippen LogP contribution in [0.2, 0.25) is 0 Å². The normalized spacial score (nSPS) is 19.7. The summed E-state index contributed by atoms with van der Waals surface area (Å²) < 4.78 is 4.99. The number of nitrogens with zero attached hydrogens (tertiary/aromatic N) is 3. The molecule has 2 heterocycles. The highest BCUT2D eigenvalue weighted by Gasteiger charge is 2.18. The summed E-state index contributed by atoms with van der Waals surface area (Å²) in [6.45, 7) is 6.69. The van der Waals surface area contributed by atoms with Crippen molar-refractivity contribution in [3.8, 4) is 0 Å². The van der Waals surface area contributed by atoms with Crippen LogP contribution in [0.3, 0.4) is 0 Å². The zero-order chi connectivity index (χ0) is 13.5. The van der Waals surface area contributed by atoms with Gasteiger partial charge in [-0.1, -0.05) is 6.92 Å². The second-order valence-corrected chi connectivity index (χ2v) is 6.23. The number of aromatic nitrogens is 2. The van der Waals surface area contributed by atoms with Gasteiger partial charge in [-0.25, -0.2) is 9.97 Å². The third kappa shape index (κ3) is 4.63. The summed E-state index contributed by atoms with van der Waals surface area (Å²) in [5, 5.41) is 3.95. The van der Waals surface area contributed by atoms with Crippen LogP contribution in [0.5, 0.6) is 0 Å². The standard InChI is InChI=1S/C13H22N4OS/c1-11-10-17(4-6-19-11)13-15-8-12(9-16-13)7-14-3-5-18-2/h8-9,11,14H,3-7,10H2,1-2H3. The maximum absolute atomic E-state index is 4.99. The van der Waals surface area contributed by atoms with Crippen molar-refractivity contribution < 1.29 is 4.74 Å². The highest BCUT2D eigenvalue weighted by atomic mass is 32.2.